The summed E-state index contributed by atoms with van der Waals surface area (Å²) in [6.07, 6.45) is -0.156. The van der Waals surface area contributed by atoms with E-state index in [0.717, 1.165) is 5.56 Å². The zero-order valence-corrected chi connectivity index (χ0v) is 16.6. The van der Waals surface area contributed by atoms with Gasteiger partial charge in [0.1, 0.15) is 5.75 Å². The molecule has 1 N–H and O–H groups in total. The molecule has 1 atom stereocenters. The van der Waals surface area contributed by atoms with Gasteiger partial charge in [0.15, 0.2) is 17.6 Å². The quantitative estimate of drug-likeness (QED) is 0.701. The number of hydrogen-bond acceptors (Lipinski definition) is 5. The highest BCUT2D eigenvalue weighted by Gasteiger charge is 2.21. The van der Waals surface area contributed by atoms with Crippen LogP contribution in [0.5, 0.6) is 23.0 Å². The van der Waals surface area contributed by atoms with Crippen molar-refractivity contribution < 1.29 is 23.7 Å². The molecule has 0 heterocycles. The maximum Gasteiger partial charge on any atom is 0.261 e. The molecule has 0 saturated heterocycles. The third-order valence-corrected chi connectivity index (χ3v) is 4.32. The molecular formula is C20H24ClNO5. The molecule has 0 fully saturated rings. The molecule has 0 aromatic heterocycles. The molecule has 0 radical (unpaired) electrons. The Balaban J connectivity index is 2.10. The van der Waals surface area contributed by atoms with Crippen molar-refractivity contribution in [1.82, 2.24) is 5.32 Å². The van der Waals surface area contributed by atoms with Crippen LogP contribution in [0.3, 0.4) is 0 Å². The van der Waals surface area contributed by atoms with Gasteiger partial charge < -0.3 is 24.3 Å². The number of rotatable bonds is 9. The Morgan fingerprint density at radius 2 is 1.70 bits per heavy atom. The number of carbonyl (C=O) groups is 1. The summed E-state index contributed by atoms with van der Waals surface area (Å²) in [5.41, 5.74) is 0.760. The Kier molecular flexibility index (Phi) is 7.61. The van der Waals surface area contributed by atoms with Crippen LogP contribution >= 0.6 is 11.6 Å². The van der Waals surface area contributed by atoms with E-state index >= 15 is 0 Å². The molecule has 1 amide bonds. The normalized spacial score (nSPS) is 11.4. The first kappa shape index (κ1) is 20.7. The lowest BCUT2D eigenvalue weighted by Crippen LogP contribution is -2.37. The summed E-state index contributed by atoms with van der Waals surface area (Å²) in [5.74, 6) is 1.78. The predicted molar refractivity (Wildman–Crippen MR) is 104 cm³/mol. The number of amides is 1. The van der Waals surface area contributed by atoms with Crippen LogP contribution in [0.4, 0.5) is 0 Å². The van der Waals surface area contributed by atoms with Gasteiger partial charge >= 0.3 is 0 Å². The van der Waals surface area contributed by atoms with Crippen molar-refractivity contribution in [1.29, 1.82) is 0 Å². The van der Waals surface area contributed by atoms with Crippen molar-refractivity contribution in [3.63, 3.8) is 0 Å². The lowest BCUT2D eigenvalue weighted by molar-refractivity contribution is -0.128. The molecule has 27 heavy (non-hydrogen) atoms. The van der Waals surface area contributed by atoms with Gasteiger partial charge in [-0.25, -0.2) is 0 Å². The minimum absolute atomic E-state index is 0.241. The Bertz CT molecular complexity index is 781. The number of carbonyl (C=O) groups excluding carboxylic acids is 1. The van der Waals surface area contributed by atoms with E-state index in [4.69, 9.17) is 30.5 Å². The van der Waals surface area contributed by atoms with Crippen LogP contribution in [0, 0.1) is 0 Å². The highest BCUT2D eigenvalue weighted by atomic mass is 35.5. The zero-order chi connectivity index (χ0) is 19.8. The van der Waals surface area contributed by atoms with Crippen LogP contribution in [-0.4, -0.2) is 33.3 Å². The van der Waals surface area contributed by atoms with Crippen LogP contribution in [0.15, 0.2) is 36.4 Å². The highest BCUT2D eigenvalue weighted by molar-refractivity contribution is 6.32. The van der Waals surface area contributed by atoms with Crippen molar-refractivity contribution in [3.05, 3.63) is 47.0 Å². The number of halogens is 1. The average Bonchev–Trinajstić information content (AvgIpc) is 2.70. The van der Waals surface area contributed by atoms with Crippen LogP contribution in [0.1, 0.15) is 18.9 Å². The van der Waals surface area contributed by atoms with E-state index in [1.54, 1.807) is 37.4 Å². The molecule has 0 aliphatic carbocycles. The Hall–Kier alpha value is -2.60. The number of nitrogens with one attached hydrogen (secondary N) is 1. The van der Waals surface area contributed by atoms with Gasteiger partial charge in [-0.05, 0) is 30.7 Å². The van der Waals surface area contributed by atoms with Crippen LogP contribution in [-0.2, 0) is 11.3 Å². The Labute approximate surface area is 164 Å². The largest absolute Gasteiger partial charge is 0.493 e. The molecule has 2 rings (SSSR count). The van der Waals surface area contributed by atoms with Gasteiger partial charge in [-0.2, -0.15) is 0 Å². The Morgan fingerprint density at radius 3 is 2.30 bits per heavy atom. The molecule has 7 heteroatoms. The van der Waals surface area contributed by atoms with Gasteiger partial charge in [-0.15, -0.1) is 0 Å². The summed E-state index contributed by atoms with van der Waals surface area (Å²) < 4.78 is 21.8. The number of ether oxygens (including phenoxy) is 4. The SMILES string of the molecule is CC[C@H](Oc1ccccc1Cl)C(=O)NCc1ccc(OC)c(OC)c1OC. The number of hydrogen-bond donors (Lipinski definition) is 1. The van der Waals surface area contributed by atoms with Crippen molar-refractivity contribution in [2.45, 2.75) is 26.0 Å². The van der Waals surface area contributed by atoms with Gasteiger partial charge in [0.25, 0.3) is 5.91 Å². The summed E-state index contributed by atoms with van der Waals surface area (Å²) in [4.78, 5) is 12.6. The monoisotopic (exact) mass is 393 g/mol. The van der Waals surface area contributed by atoms with E-state index in [-0.39, 0.29) is 12.5 Å². The first-order valence-electron chi connectivity index (χ1n) is 8.52. The van der Waals surface area contributed by atoms with Gasteiger partial charge in [-0.1, -0.05) is 30.7 Å². The van der Waals surface area contributed by atoms with Crippen molar-refractivity contribution >= 4 is 17.5 Å². The van der Waals surface area contributed by atoms with E-state index in [0.29, 0.717) is 34.4 Å². The van der Waals surface area contributed by atoms with E-state index < -0.39 is 6.10 Å². The molecule has 0 aliphatic heterocycles. The lowest BCUT2D eigenvalue weighted by Gasteiger charge is -2.19. The highest BCUT2D eigenvalue weighted by Crippen LogP contribution is 2.39. The maximum atomic E-state index is 12.6. The fourth-order valence-electron chi connectivity index (χ4n) is 2.61. The topological polar surface area (TPSA) is 66.0 Å². The molecule has 0 bridgehead atoms. The molecule has 0 aliphatic rings. The van der Waals surface area contributed by atoms with Gasteiger partial charge in [0, 0.05) is 12.1 Å². The smallest absolute Gasteiger partial charge is 0.261 e. The first-order valence-corrected chi connectivity index (χ1v) is 8.90. The van der Waals surface area contributed by atoms with E-state index in [1.807, 2.05) is 13.0 Å². The second-order valence-electron chi connectivity index (χ2n) is 5.66. The molecule has 0 spiro atoms. The summed E-state index contributed by atoms with van der Waals surface area (Å²) >= 11 is 6.11. The third-order valence-electron chi connectivity index (χ3n) is 4.01. The Morgan fingerprint density at radius 1 is 1.00 bits per heavy atom. The standard InChI is InChI=1S/C20H24ClNO5/c1-5-15(27-16-9-7-6-8-14(16)21)20(23)22-12-13-10-11-17(24-2)19(26-4)18(13)25-3/h6-11,15H,5,12H2,1-4H3,(H,22,23)/t15-/m0/s1. The fraction of sp³-hybridized carbons (Fsp3) is 0.350. The molecule has 2 aromatic carbocycles. The molecule has 146 valence electrons. The van der Waals surface area contributed by atoms with Crippen molar-refractivity contribution in [3.8, 4) is 23.0 Å². The first-order chi connectivity index (χ1) is 13.0. The molecule has 6 nitrogen and oxygen atoms in total. The minimum Gasteiger partial charge on any atom is -0.493 e. The van der Waals surface area contributed by atoms with E-state index in [2.05, 4.69) is 5.32 Å². The molecule has 2 aromatic rings. The third kappa shape index (κ3) is 4.98. The van der Waals surface area contributed by atoms with Gasteiger partial charge in [-0.3, -0.25) is 4.79 Å². The predicted octanol–water partition coefficient (Wildman–Crippen LogP) is 3.84. The number of methoxy groups -OCH3 is 3. The summed E-state index contributed by atoms with van der Waals surface area (Å²) in [7, 11) is 4.63. The minimum atomic E-state index is -0.656. The van der Waals surface area contributed by atoms with E-state index in [9.17, 15) is 4.79 Å². The molecular weight excluding hydrogens is 370 g/mol. The van der Waals surface area contributed by atoms with Crippen LogP contribution in [0.25, 0.3) is 0 Å². The molecule has 0 saturated carbocycles. The summed E-state index contributed by atoms with van der Waals surface area (Å²) in [6.45, 7) is 2.13. The number of benzene rings is 2. The fourth-order valence-corrected chi connectivity index (χ4v) is 2.79. The van der Waals surface area contributed by atoms with Crippen LogP contribution in [0.2, 0.25) is 5.02 Å². The van der Waals surface area contributed by atoms with Crippen molar-refractivity contribution in [2.75, 3.05) is 21.3 Å². The number of para-hydroxylation sites is 1. The maximum absolute atomic E-state index is 12.6. The average molecular weight is 394 g/mol. The van der Waals surface area contributed by atoms with E-state index in [1.165, 1.54) is 14.2 Å². The zero-order valence-electron chi connectivity index (χ0n) is 15.9. The van der Waals surface area contributed by atoms with Crippen LogP contribution < -0.4 is 24.3 Å². The second kappa shape index (κ2) is 9.92. The second-order valence-corrected chi connectivity index (χ2v) is 6.06. The van der Waals surface area contributed by atoms with Gasteiger partial charge in [0.2, 0.25) is 5.75 Å². The summed E-state index contributed by atoms with van der Waals surface area (Å²) in [5, 5.41) is 3.33. The summed E-state index contributed by atoms with van der Waals surface area (Å²) in [6, 6.07) is 10.6. The lowest BCUT2D eigenvalue weighted by atomic mass is 10.1. The van der Waals surface area contributed by atoms with Gasteiger partial charge in [0.05, 0.1) is 26.4 Å². The van der Waals surface area contributed by atoms with Crippen molar-refractivity contribution in [2.24, 2.45) is 0 Å². The molecule has 0 unspecified atom stereocenters.